The van der Waals surface area contributed by atoms with Crippen molar-refractivity contribution in [1.82, 2.24) is 0 Å². The Morgan fingerprint density at radius 1 is 0.814 bits per heavy atom. The van der Waals surface area contributed by atoms with Crippen molar-refractivity contribution < 1.29 is 33.5 Å². The molecule has 0 radical (unpaired) electrons. The molecule has 0 saturated heterocycles. The highest BCUT2D eigenvalue weighted by Crippen LogP contribution is 2.62. The third-order valence-electron chi connectivity index (χ3n) is 6.77. The predicted octanol–water partition coefficient (Wildman–Crippen LogP) is 3.36. The van der Waals surface area contributed by atoms with Gasteiger partial charge < -0.3 is 14.3 Å². The molecule has 0 aromatic carbocycles. The van der Waals surface area contributed by atoms with Crippen molar-refractivity contribution >= 4 is 29.4 Å². The zero-order valence-electron chi connectivity index (χ0n) is 25.1. The van der Waals surface area contributed by atoms with Gasteiger partial charge in [-0.25, -0.2) is 9.59 Å². The van der Waals surface area contributed by atoms with Crippen LogP contribution in [0.3, 0.4) is 0 Å². The molecule has 2 unspecified atom stereocenters. The molecule has 43 heavy (non-hydrogen) atoms. The van der Waals surface area contributed by atoms with Crippen LogP contribution in [-0.4, -0.2) is 36.2 Å². The molecule has 0 amide bonds. The summed E-state index contributed by atoms with van der Waals surface area (Å²) in [7, 11) is 0. The number of carbonyl (C=O) groups excluding carboxylic acids is 4. The fourth-order valence-corrected chi connectivity index (χ4v) is 4.09. The van der Waals surface area contributed by atoms with Crippen LogP contribution in [0.4, 0.5) is 0 Å². The van der Waals surface area contributed by atoms with Crippen molar-refractivity contribution in [2.45, 2.75) is 67.2 Å². The van der Waals surface area contributed by atoms with Gasteiger partial charge in [-0.05, 0) is 110 Å². The molecule has 2 aliphatic rings. The lowest BCUT2D eigenvalue weighted by Crippen LogP contribution is -2.34. The standard InChI is InChI=1S/C19H25NO7.C16H6/c1-11(2)17(24)26-10-25-13(21)6-7-14(22)27-20-16-15(23)12-8-9-19(16,5)18(12,3)4;1-3-5-7-9-11-13-15-16-14-12-10-8-6-4-2/h12H,1,6-10H2,2-5H3;1-2H3/b20-16-;. The molecule has 0 heterocycles. The van der Waals surface area contributed by atoms with Crippen molar-refractivity contribution in [2.24, 2.45) is 21.9 Å². The minimum Gasteiger partial charge on any atom is -0.428 e. The highest BCUT2D eigenvalue weighted by atomic mass is 16.7. The molecule has 0 spiro atoms. The number of oxime groups is 1. The van der Waals surface area contributed by atoms with Crippen LogP contribution in [0.2, 0.25) is 0 Å². The smallest absolute Gasteiger partial charge is 0.335 e. The van der Waals surface area contributed by atoms with E-state index < -0.39 is 30.1 Å². The van der Waals surface area contributed by atoms with E-state index in [9.17, 15) is 19.2 Å². The van der Waals surface area contributed by atoms with Crippen molar-refractivity contribution in [1.29, 1.82) is 0 Å². The van der Waals surface area contributed by atoms with Gasteiger partial charge in [-0.1, -0.05) is 44.3 Å². The van der Waals surface area contributed by atoms with E-state index in [0.717, 1.165) is 12.8 Å². The van der Waals surface area contributed by atoms with Gasteiger partial charge in [0.2, 0.25) is 6.79 Å². The zero-order valence-corrected chi connectivity index (χ0v) is 25.1. The molecule has 0 aliphatic heterocycles. The second-order valence-electron chi connectivity index (χ2n) is 9.76. The van der Waals surface area contributed by atoms with Crippen LogP contribution >= 0.6 is 0 Å². The molecule has 2 aliphatic carbocycles. The first-order chi connectivity index (χ1) is 20.4. The maximum atomic E-state index is 12.4. The molecule has 0 aromatic rings. The van der Waals surface area contributed by atoms with Crippen LogP contribution in [-0.2, 0) is 33.5 Å². The van der Waals surface area contributed by atoms with Crippen molar-refractivity contribution in [2.75, 3.05) is 6.79 Å². The van der Waals surface area contributed by atoms with Gasteiger partial charge in [-0.3, -0.25) is 9.59 Å². The molecule has 218 valence electrons. The van der Waals surface area contributed by atoms with Gasteiger partial charge in [0, 0.05) is 16.9 Å². The lowest BCUT2D eigenvalue weighted by Gasteiger charge is -2.32. The Balaban J connectivity index is 0.000000496. The van der Waals surface area contributed by atoms with E-state index in [1.165, 1.54) is 6.92 Å². The van der Waals surface area contributed by atoms with Crippen LogP contribution in [0.1, 0.15) is 67.2 Å². The number of hydrogen-bond acceptors (Lipinski definition) is 8. The Kier molecular flexibility index (Phi) is 14.8. The number of ether oxygens (including phenoxy) is 2. The molecule has 2 fully saturated rings. The summed E-state index contributed by atoms with van der Waals surface area (Å²) in [5.41, 5.74) is -0.159. The fourth-order valence-electron chi connectivity index (χ4n) is 4.09. The molecular formula is C35H31NO7. The van der Waals surface area contributed by atoms with E-state index in [4.69, 9.17) is 4.84 Å². The van der Waals surface area contributed by atoms with Gasteiger partial charge >= 0.3 is 17.9 Å². The zero-order chi connectivity index (χ0) is 32.3. The Morgan fingerprint density at radius 2 is 1.28 bits per heavy atom. The monoisotopic (exact) mass is 577 g/mol. The molecule has 2 bridgehead atoms. The van der Waals surface area contributed by atoms with Gasteiger partial charge in [0.1, 0.15) is 5.71 Å². The van der Waals surface area contributed by atoms with Crippen molar-refractivity contribution in [3.8, 4) is 82.9 Å². The van der Waals surface area contributed by atoms with E-state index in [2.05, 4.69) is 104 Å². The van der Waals surface area contributed by atoms with Gasteiger partial charge in [-0.15, -0.1) is 0 Å². The highest BCUT2D eigenvalue weighted by molar-refractivity contribution is 6.45. The molecule has 0 aromatic heterocycles. The van der Waals surface area contributed by atoms with Gasteiger partial charge in [0.05, 0.1) is 12.8 Å². The van der Waals surface area contributed by atoms with E-state index in [1.807, 2.05) is 20.8 Å². The van der Waals surface area contributed by atoms with Crippen LogP contribution in [0.5, 0.6) is 0 Å². The normalized spacial score (nSPS) is 18.2. The summed E-state index contributed by atoms with van der Waals surface area (Å²) in [6.07, 6.45) is 1.12. The summed E-state index contributed by atoms with van der Waals surface area (Å²) in [4.78, 5) is 51.8. The maximum Gasteiger partial charge on any atom is 0.335 e. The average Bonchev–Trinajstić information content (AvgIpc) is 3.28. The molecule has 2 saturated carbocycles. The van der Waals surface area contributed by atoms with Gasteiger partial charge in [0.15, 0.2) is 5.78 Å². The van der Waals surface area contributed by atoms with E-state index in [0.29, 0.717) is 5.71 Å². The van der Waals surface area contributed by atoms with E-state index in [-0.39, 0.29) is 35.5 Å². The lowest BCUT2D eigenvalue weighted by molar-refractivity contribution is -0.166. The van der Waals surface area contributed by atoms with Crippen molar-refractivity contribution in [3.63, 3.8) is 0 Å². The number of rotatable bonds is 7. The topological polar surface area (TPSA) is 108 Å². The third-order valence-corrected chi connectivity index (χ3v) is 6.77. The number of ketones is 1. The van der Waals surface area contributed by atoms with Gasteiger partial charge in [-0.2, -0.15) is 0 Å². The number of fused-ring (bicyclic) bond motifs is 2. The molecule has 2 rings (SSSR count). The second kappa shape index (κ2) is 18.0. The first-order valence-electron chi connectivity index (χ1n) is 13.1. The lowest BCUT2D eigenvalue weighted by atomic mass is 9.70. The largest absolute Gasteiger partial charge is 0.428 e. The summed E-state index contributed by atoms with van der Waals surface area (Å²) in [5.74, 6) is 33.3. The van der Waals surface area contributed by atoms with Gasteiger partial charge in [0.25, 0.3) is 0 Å². The number of carbonyl (C=O) groups is 4. The number of hydrogen-bond donors (Lipinski definition) is 0. The molecule has 2 atom stereocenters. The predicted molar refractivity (Wildman–Crippen MR) is 160 cm³/mol. The summed E-state index contributed by atoms with van der Waals surface area (Å²) in [6.45, 7) is 13.7. The van der Waals surface area contributed by atoms with E-state index in [1.54, 1.807) is 13.8 Å². The Hall–Kier alpha value is -5.59. The minimum atomic E-state index is -0.740. The Morgan fingerprint density at radius 3 is 1.70 bits per heavy atom. The number of nitrogens with zero attached hydrogens (tertiary/aromatic N) is 1. The molecule has 8 nitrogen and oxygen atoms in total. The SMILES string of the molecule is C=C(C)C(=O)OCOC(=O)CCC(=O)O/N=C1/C(=O)C2CCC1(C)C2(C)C.CC#CC#CC#CC#CC#CC#CC#CC. The first kappa shape index (κ1) is 35.4. The van der Waals surface area contributed by atoms with E-state index >= 15 is 0 Å². The molecule has 8 heteroatoms. The highest BCUT2D eigenvalue weighted by Gasteiger charge is 2.65. The Bertz CT molecular complexity index is 1570. The van der Waals surface area contributed by atoms with Crippen molar-refractivity contribution in [3.05, 3.63) is 12.2 Å². The number of esters is 2. The quantitative estimate of drug-likeness (QED) is 0.114. The van der Waals surface area contributed by atoms with Crippen LogP contribution in [0.25, 0.3) is 0 Å². The maximum absolute atomic E-state index is 12.4. The van der Waals surface area contributed by atoms with Crippen LogP contribution in [0, 0.1) is 99.6 Å². The summed E-state index contributed by atoms with van der Waals surface area (Å²) >= 11 is 0. The Labute approximate surface area is 253 Å². The molecular weight excluding hydrogens is 546 g/mol. The summed E-state index contributed by atoms with van der Waals surface area (Å²) in [6, 6.07) is 0. The second-order valence-corrected chi connectivity index (χ2v) is 9.76. The number of Topliss-reactive ketones (excluding diaryl/α,β-unsaturated/α-hetero) is 1. The first-order valence-corrected chi connectivity index (χ1v) is 13.1. The average molecular weight is 578 g/mol. The van der Waals surface area contributed by atoms with Crippen LogP contribution < -0.4 is 0 Å². The summed E-state index contributed by atoms with van der Waals surface area (Å²) < 4.78 is 9.28. The minimum absolute atomic E-state index is 0.0692. The fraction of sp³-hybridized carbons (Fsp3) is 0.400. The molecule has 0 N–H and O–H groups in total. The third kappa shape index (κ3) is 11.1. The van der Waals surface area contributed by atoms with Crippen LogP contribution in [0.15, 0.2) is 17.3 Å². The summed E-state index contributed by atoms with van der Waals surface area (Å²) in [5, 5.41) is 3.82.